The van der Waals surface area contributed by atoms with Gasteiger partial charge in [0.05, 0.1) is 18.5 Å². The number of rotatable bonds is 2. The Morgan fingerprint density at radius 1 is 1.38 bits per heavy atom. The Balaban J connectivity index is 2.03. The van der Waals surface area contributed by atoms with Gasteiger partial charge in [0.1, 0.15) is 0 Å². The third-order valence-corrected chi connectivity index (χ3v) is 3.39. The van der Waals surface area contributed by atoms with Gasteiger partial charge in [0.25, 0.3) is 5.92 Å². The van der Waals surface area contributed by atoms with E-state index in [0.717, 1.165) is 0 Å². The number of amides is 1. The zero-order valence-corrected chi connectivity index (χ0v) is 9.59. The van der Waals surface area contributed by atoms with E-state index in [1.54, 1.807) is 19.0 Å². The van der Waals surface area contributed by atoms with Crippen LogP contribution in [0.25, 0.3) is 0 Å². The average molecular weight is 233 g/mol. The molecule has 1 N–H and O–H groups in total. The summed E-state index contributed by atoms with van der Waals surface area (Å²) in [6, 6.07) is 0. The maximum atomic E-state index is 13.7. The quantitative estimate of drug-likeness (QED) is 0.706. The Bertz CT molecular complexity index is 302. The van der Waals surface area contributed by atoms with Gasteiger partial charge < -0.3 is 15.1 Å². The third kappa shape index (κ3) is 1.69. The molecule has 0 bridgehead atoms. The number of alkyl halides is 2. The number of nitrogens with one attached hydrogen (secondary N) is 1. The highest BCUT2D eigenvalue weighted by molar-refractivity contribution is 5.78. The van der Waals surface area contributed by atoms with E-state index in [2.05, 4.69) is 5.32 Å². The van der Waals surface area contributed by atoms with Crippen LogP contribution >= 0.6 is 0 Å². The van der Waals surface area contributed by atoms with Crippen molar-refractivity contribution in [1.82, 2.24) is 15.1 Å². The Morgan fingerprint density at radius 3 is 2.38 bits per heavy atom. The third-order valence-electron chi connectivity index (χ3n) is 3.39. The van der Waals surface area contributed by atoms with Gasteiger partial charge in [-0.05, 0) is 14.1 Å². The van der Waals surface area contributed by atoms with Crippen LogP contribution in [0.15, 0.2) is 0 Å². The second-order valence-corrected chi connectivity index (χ2v) is 5.08. The predicted octanol–water partition coefficient (Wildman–Crippen LogP) is -0.385. The molecule has 4 nitrogen and oxygen atoms in total. The Labute approximate surface area is 93.6 Å². The van der Waals surface area contributed by atoms with E-state index in [1.165, 1.54) is 4.90 Å². The first-order valence-corrected chi connectivity index (χ1v) is 5.37. The van der Waals surface area contributed by atoms with E-state index >= 15 is 0 Å². The van der Waals surface area contributed by atoms with Gasteiger partial charge >= 0.3 is 0 Å². The molecule has 0 aromatic carbocycles. The molecule has 0 aromatic heterocycles. The summed E-state index contributed by atoms with van der Waals surface area (Å²) >= 11 is 0. The van der Waals surface area contributed by atoms with E-state index < -0.39 is 17.9 Å². The molecular weight excluding hydrogens is 216 g/mol. The molecule has 1 amide bonds. The molecule has 0 radical (unpaired) electrons. The molecule has 2 fully saturated rings. The molecule has 2 heterocycles. The van der Waals surface area contributed by atoms with Gasteiger partial charge in [-0.25, -0.2) is 8.78 Å². The smallest absolute Gasteiger partial charge is 0.274 e. The number of hydrogen-bond acceptors (Lipinski definition) is 3. The highest BCUT2D eigenvalue weighted by Crippen LogP contribution is 2.46. The zero-order valence-electron chi connectivity index (χ0n) is 9.59. The van der Waals surface area contributed by atoms with Gasteiger partial charge in [0, 0.05) is 19.6 Å². The molecule has 0 aliphatic carbocycles. The van der Waals surface area contributed by atoms with Crippen LogP contribution in [0.3, 0.4) is 0 Å². The molecule has 0 saturated carbocycles. The maximum absolute atomic E-state index is 13.7. The van der Waals surface area contributed by atoms with Crippen molar-refractivity contribution in [3.8, 4) is 0 Å². The first-order chi connectivity index (χ1) is 7.36. The van der Waals surface area contributed by atoms with Gasteiger partial charge in [-0.1, -0.05) is 0 Å². The topological polar surface area (TPSA) is 35.6 Å². The number of likely N-dealkylation sites (N-methyl/N-ethyl adjacent to an activating group) is 1. The molecule has 2 rings (SSSR count). The number of halogens is 2. The molecule has 2 aliphatic heterocycles. The zero-order chi connectivity index (χ0) is 12.0. The van der Waals surface area contributed by atoms with Gasteiger partial charge in [-0.15, -0.1) is 0 Å². The summed E-state index contributed by atoms with van der Waals surface area (Å²) in [6.07, 6.45) is 0. The summed E-state index contributed by atoms with van der Waals surface area (Å²) in [5.74, 6) is -2.96. The number of likely N-dealkylation sites (tertiary alicyclic amines) is 1. The predicted molar refractivity (Wildman–Crippen MR) is 55.4 cm³/mol. The molecule has 0 atom stereocenters. The lowest BCUT2D eigenvalue weighted by molar-refractivity contribution is -0.132. The van der Waals surface area contributed by atoms with Crippen LogP contribution in [-0.2, 0) is 4.79 Å². The van der Waals surface area contributed by atoms with Crippen LogP contribution in [-0.4, -0.2) is 68.4 Å². The van der Waals surface area contributed by atoms with Crippen molar-refractivity contribution in [3.63, 3.8) is 0 Å². The van der Waals surface area contributed by atoms with E-state index in [-0.39, 0.29) is 19.0 Å². The summed E-state index contributed by atoms with van der Waals surface area (Å²) in [7, 11) is 3.51. The van der Waals surface area contributed by atoms with Crippen molar-refractivity contribution < 1.29 is 13.6 Å². The minimum absolute atomic E-state index is 0.180. The van der Waals surface area contributed by atoms with Crippen LogP contribution in [0.2, 0.25) is 0 Å². The lowest BCUT2D eigenvalue weighted by atomic mass is 9.78. The highest BCUT2D eigenvalue weighted by Gasteiger charge is 2.63. The van der Waals surface area contributed by atoms with Crippen molar-refractivity contribution >= 4 is 5.91 Å². The molecule has 1 spiro atoms. The molecule has 2 saturated heterocycles. The normalized spacial score (nSPS) is 26.2. The van der Waals surface area contributed by atoms with Gasteiger partial charge in [-0.2, -0.15) is 0 Å². The summed E-state index contributed by atoms with van der Waals surface area (Å²) in [4.78, 5) is 14.7. The van der Waals surface area contributed by atoms with Gasteiger partial charge in [0.2, 0.25) is 5.91 Å². The van der Waals surface area contributed by atoms with E-state index in [9.17, 15) is 13.6 Å². The lowest BCUT2D eigenvalue weighted by Crippen LogP contribution is -2.62. The number of carbonyl (C=O) groups excluding carboxylic acids is 1. The first kappa shape index (κ1) is 11.7. The van der Waals surface area contributed by atoms with Crippen LogP contribution < -0.4 is 5.32 Å². The second-order valence-electron chi connectivity index (χ2n) is 5.08. The SMILES string of the molecule is CN(C)CC(=O)N1CC(F)(F)C2(CNC2)C1. The van der Waals surface area contributed by atoms with Crippen molar-refractivity contribution in [2.45, 2.75) is 5.92 Å². The van der Waals surface area contributed by atoms with Gasteiger partial charge in [0.15, 0.2) is 0 Å². The monoisotopic (exact) mass is 233 g/mol. The fourth-order valence-electron chi connectivity index (χ4n) is 2.29. The molecule has 0 aromatic rings. The van der Waals surface area contributed by atoms with Crippen molar-refractivity contribution in [3.05, 3.63) is 0 Å². The van der Waals surface area contributed by atoms with E-state index in [4.69, 9.17) is 0 Å². The van der Waals surface area contributed by atoms with Crippen LogP contribution in [0.4, 0.5) is 8.78 Å². The largest absolute Gasteiger partial charge is 0.335 e. The van der Waals surface area contributed by atoms with Crippen LogP contribution in [0.5, 0.6) is 0 Å². The summed E-state index contributed by atoms with van der Waals surface area (Å²) in [5.41, 5.74) is -1.00. The number of carbonyl (C=O) groups is 1. The van der Waals surface area contributed by atoms with Crippen molar-refractivity contribution in [2.75, 3.05) is 46.8 Å². The fourth-order valence-corrected chi connectivity index (χ4v) is 2.29. The van der Waals surface area contributed by atoms with Gasteiger partial charge in [-0.3, -0.25) is 4.79 Å². The summed E-state index contributed by atoms with van der Waals surface area (Å²) in [5, 5.41) is 2.87. The minimum Gasteiger partial charge on any atom is -0.335 e. The molecule has 16 heavy (non-hydrogen) atoms. The standard InChI is InChI=1S/C10H17F2N3O/c1-14(2)3-8(16)15-6-9(4-13-5-9)10(11,12)7-15/h13H,3-7H2,1-2H3. The molecular formula is C10H17F2N3O. The molecule has 2 aliphatic rings. The molecule has 92 valence electrons. The Morgan fingerprint density at radius 2 is 2.00 bits per heavy atom. The van der Waals surface area contributed by atoms with E-state index in [1.807, 2.05) is 0 Å². The van der Waals surface area contributed by atoms with Crippen molar-refractivity contribution in [2.24, 2.45) is 5.41 Å². The first-order valence-electron chi connectivity index (χ1n) is 5.37. The Kier molecular flexibility index (Phi) is 2.66. The molecule has 0 unspecified atom stereocenters. The summed E-state index contributed by atoms with van der Waals surface area (Å²) < 4.78 is 27.5. The number of nitrogens with zero attached hydrogens (tertiary/aromatic N) is 2. The Hall–Kier alpha value is -0.750. The van der Waals surface area contributed by atoms with Crippen molar-refractivity contribution in [1.29, 1.82) is 0 Å². The minimum atomic E-state index is -2.75. The summed E-state index contributed by atoms with van der Waals surface area (Å²) in [6.45, 7) is 0.568. The number of hydrogen-bond donors (Lipinski definition) is 1. The second kappa shape index (κ2) is 3.63. The van der Waals surface area contributed by atoms with Crippen LogP contribution in [0, 0.1) is 5.41 Å². The highest BCUT2D eigenvalue weighted by atomic mass is 19.3. The van der Waals surface area contributed by atoms with Crippen LogP contribution in [0.1, 0.15) is 0 Å². The van der Waals surface area contributed by atoms with E-state index in [0.29, 0.717) is 13.1 Å². The lowest BCUT2D eigenvalue weighted by Gasteiger charge is -2.42. The fraction of sp³-hybridized carbons (Fsp3) is 0.900. The average Bonchev–Trinajstić information content (AvgIpc) is 2.35. The molecule has 6 heteroatoms. The maximum Gasteiger partial charge on any atom is 0.274 e.